The van der Waals surface area contributed by atoms with Crippen LogP contribution in [0.1, 0.15) is 50.7 Å². The van der Waals surface area contributed by atoms with Crippen molar-refractivity contribution in [2.75, 3.05) is 6.54 Å². The van der Waals surface area contributed by atoms with Crippen molar-refractivity contribution in [3.63, 3.8) is 0 Å². The third-order valence-electron chi connectivity index (χ3n) is 6.68. The molecule has 2 unspecified atom stereocenters. The van der Waals surface area contributed by atoms with Crippen molar-refractivity contribution in [2.45, 2.75) is 70.3 Å². The molecule has 2 atom stereocenters. The number of aryl methyl sites for hydroxylation is 1. The molecule has 6 nitrogen and oxygen atoms in total. The molecule has 1 aromatic rings. The van der Waals surface area contributed by atoms with Crippen molar-refractivity contribution in [1.29, 1.82) is 0 Å². The smallest absolute Gasteiger partial charge is 0.327 e. The minimum absolute atomic E-state index is 0.0400. The Hall–Kier alpha value is -2.28. The van der Waals surface area contributed by atoms with Crippen LogP contribution in [0.4, 0.5) is 4.79 Å². The van der Waals surface area contributed by atoms with Crippen molar-refractivity contribution >= 4 is 29.6 Å². The lowest BCUT2D eigenvalue weighted by Gasteiger charge is -2.43. The number of hydrogen-bond donors (Lipinski definition) is 1. The van der Waals surface area contributed by atoms with Gasteiger partial charge in [-0.2, -0.15) is 0 Å². The van der Waals surface area contributed by atoms with Crippen LogP contribution in [-0.4, -0.2) is 51.5 Å². The fourth-order valence-corrected chi connectivity index (χ4v) is 6.07. The molecule has 2 heterocycles. The van der Waals surface area contributed by atoms with Crippen LogP contribution in [0.2, 0.25) is 0 Å². The Morgan fingerprint density at radius 1 is 1.19 bits per heavy atom. The fourth-order valence-electron chi connectivity index (χ4n) is 5.01. The van der Waals surface area contributed by atoms with Gasteiger partial charge in [0.15, 0.2) is 0 Å². The largest absolute Gasteiger partial charge is 0.354 e. The fraction of sp³-hybridized carbons (Fsp3) is 0.560. The van der Waals surface area contributed by atoms with Crippen LogP contribution < -0.4 is 5.32 Å². The summed E-state index contributed by atoms with van der Waals surface area (Å²) < 4.78 is 0. The molecule has 1 saturated heterocycles. The quantitative estimate of drug-likeness (QED) is 0.702. The van der Waals surface area contributed by atoms with E-state index in [1.165, 1.54) is 16.7 Å². The Labute approximate surface area is 194 Å². The predicted octanol–water partition coefficient (Wildman–Crippen LogP) is 4.09. The van der Waals surface area contributed by atoms with E-state index in [4.69, 9.17) is 0 Å². The zero-order valence-electron chi connectivity index (χ0n) is 19.1. The molecule has 1 saturated carbocycles. The van der Waals surface area contributed by atoms with Crippen molar-refractivity contribution in [3.05, 3.63) is 46.9 Å². The SMILES string of the molecule is Cc1cccc(CN2C(=O)N(CC3CCC(C(=O)NC(C)C)CC3)C(=O)C3SC=CC32)c1. The topological polar surface area (TPSA) is 69.7 Å². The normalized spacial score (nSPS) is 27.8. The van der Waals surface area contributed by atoms with Crippen molar-refractivity contribution < 1.29 is 14.4 Å². The number of hydrogen-bond acceptors (Lipinski definition) is 4. The van der Waals surface area contributed by atoms with E-state index in [0.29, 0.717) is 13.1 Å². The Balaban J connectivity index is 1.43. The molecule has 2 fully saturated rings. The van der Waals surface area contributed by atoms with Crippen molar-refractivity contribution in [2.24, 2.45) is 11.8 Å². The first-order valence-electron chi connectivity index (χ1n) is 11.6. The Kier molecular flexibility index (Phi) is 6.93. The van der Waals surface area contributed by atoms with Gasteiger partial charge in [0, 0.05) is 25.0 Å². The van der Waals surface area contributed by atoms with Gasteiger partial charge in [-0.3, -0.25) is 14.5 Å². The monoisotopic (exact) mass is 455 g/mol. The summed E-state index contributed by atoms with van der Waals surface area (Å²) in [5.41, 5.74) is 2.24. The lowest BCUT2D eigenvalue weighted by molar-refractivity contribution is -0.132. The molecule has 0 bridgehead atoms. The highest BCUT2D eigenvalue weighted by Gasteiger charge is 2.47. The van der Waals surface area contributed by atoms with E-state index in [0.717, 1.165) is 36.8 Å². The van der Waals surface area contributed by atoms with Gasteiger partial charge in [-0.25, -0.2) is 4.79 Å². The maximum absolute atomic E-state index is 13.5. The first kappa shape index (κ1) is 22.9. The first-order chi connectivity index (χ1) is 15.3. The molecule has 1 aromatic carbocycles. The van der Waals surface area contributed by atoms with Gasteiger partial charge in [0.05, 0.1) is 6.04 Å². The van der Waals surface area contributed by atoms with Gasteiger partial charge in [0.1, 0.15) is 5.25 Å². The molecular weight excluding hydrogens is 422 g/mol. The summed E-state index contributed by atoms with van der Waals surface area (Å²) in [6.45, 7) is 6.94. The predicted molar refractivity (Wildman–Crippen MR) is 127 cm³/mol. The number of imide groups is 1. The molecule has 2 aliphatic heterocycles. The second kappa shape index (κ2) is 9.69. The molecule has 172 valence electrons. The molecule has 32 heavy (non-hydrogen) atoms. The molecule has 7 heteroatoms. The Morgan fingerprint density at radius 2 is 1.94 bits per heavy atom. The summed E-state index contributed by atoms with van der Waals surface area (Å²) in [5, 5.41) is 4.70. The molecule has 0 aromatic heterocycles. The lowest BCUT2D eigenvalue weighted by atomic mass is 9.81. The van der Waals surface area contributed by atoms with Gasteiger partial charge in [-0.15, -0.1) is 11.8 Å². The van der Waals surface area contributed by atoms with Crippen molar-refractivity contribution in [1.82, 2.24) is 15.1 Å². The summed E-state index contributed by atoms with van der Waals surface area (Å²) in [6.07, 6.45) is 5.34. The first-order valence-corrected chi connectivity index (χ1v) is 12.6. The van der Waals surface area contributed by atoms with E-state index in [1.54, 1.807) is 0 Å². The van der Waals surface area contributed by atoms with Gasteiger partial charge < -0.3 is 10.2 Å². The van der Waals surface area contributed by atoms with E-state index in [2.05, 4.69) is 11.4 Å². The third kappa shape index (κ3) is 4.87. The molecule has 0 radical (unpaired) electrons. The van der Waals surface area contributed by atoms with Crippen LogP contribution in [0.25, 0.3) is 0 Å². The summed E-state index contributed by atoms with van der Waals surface area (Å²) >= 11 is 1.51. The summed E-state index contributed by atoms with van der Waals surface area (Å²) in [4.78, 5) is 42.3. The molecule has 4 amide bonds. The number of nitrogens with one attached hydrogen (secondary N) is 1. The van der Waals surface area contributed by atoms with E-state index >= 15 is 0 Å². The second-order valence-electron chi connectivity index (χ2n) is 9.61. The van der Waals surface area contributed by atoms with Crippen LogP contribution in [-0.2, 0) is 16.1 Å². The Morgan fingerprint density at radius 3 is 2.62 bits per heavy atom. The maximum atomic E-state index is 13.5. The van der Waals surface area contributed by atoms with Crippen LogP contribution in [0.5, 0.6) is 0 Å². The molecule has 0 spiro atoms. The minimum atomic E-state index is -0.259. The van der Waals surface area contributed by atoms with Gasteiger partial charge in [-0.1, -0.05) is 35.9 Å². The highest BCUT2D eigenvalue weighted by molar-refractivity contribution is 8.03. The van der Waals surface area contributed by atoms with Gasteiger partial charge in [0.25, 0.3) is 0 Å². The van der Waals surface area contributed by atoms with E-state index in [1.807, 2.05) is 55.4 Å². The third-order valence-corrected chi connectivity index (χ3v) is 7.77. The zero-order valence-corrected chi connectivity index (χ0v) is 19.9. The molecule has 1 aliphatic carbocycles. The number of amides is 4. The van der Waals surface area contributed by atoms with Crippen LogP contribution in [0, 0.1) is 18.8 Å². The Bertz CT molecular complexity index is 907. The van der Waals surface area contributed by atoms with Crippen molar-refractivity contribution in [3.8, 4) is 0 Å². The van der Waals surface area contributed by atoms with E-state index < -0.39 is 0 Å². The summed E-state index contributed by atoms with van der Waals surface area (Å²) in [7, 11) is 0. The number of carbonyl (C=O) groups excluding carboxylic acids is 3. The standard InChI is InChI=1S/C25H33N3O3S/c1-16(2)26-23(29)20-9-7-18(8-10-20)14-28-24(30)22-21(11-12-32-22)27(25(28)31)15-19-6-4-5-17(3)13-19/h4-6,11-13,16,18,20-22H,7-10,14-15H2,1-3H3,(H,26,29). The number of carbonyl (C=O) groups is 3. The molecular formula is C25H33N3O3S. The molecule has 4 rings (SSSR count). The van der Waals surface area contributed by atoms with Gasteiger partial charge in [0.2, 0.25) is 11.8 Å². The van der Waals surface area contributed by atoms with E-state index in [-0.39, 0.29) is 47.0 Å². The van der Waals surface area contributed by atoms with Gasteiger partial charge >= 0.3 is 6.03 Å². The average molecular weight is 456 g/mol. The number of fused-ring (bicyclic) bond motifs is 1. The number of benzene rings is 1. The van der Waals surface area contributed by atoms with Crippen LogP contribution in [0.3, 0.4) is 0 Å². The van der Waals surface area contributed by atoms with Crippen LogP contribution in [0.15, 0.2) is 35.7 Å². The zero-order chi connectivity index (χ0) is 22.8. The maximum Gasteiger partial charge on any atom is 0.327 e. The van der Waals surface area contributed by atoms with Gasteiger partial charge in [-0.05, 0) is 63.3 Å². The number of nitrogens with zero attached hydrogens (tertiary/aromatic N) is 2. The summed E-state index contributed by atoms with van der Waals surface area (Å²) in [5.74, 6) is 0.347. The van der Waals surface area contributed by atoms with Crippen LogP contribution >= 0.6 is 11.8 Å². The number of thioether (sulfide) groups is 1. The molecule has 3 aliphatic rings. The number of rotatable bonds is 6. The summed E-state index contributed by atoms with van der Waals surface area (Å²) in [6, 6.07) is 7.95. The molecule has 1 N–H and O–H groups in total. The minimum Gasteiger partial charge on any atom is -0.354 e. The second-order valence-corrected chi connectivity index (χ2v) is 10.7. The van der Waals surface area contributed by atoms with E-state index in [9.17, 15) is 14.4 Å². The lowest BCUT2D eigenvalue weighted by Crippen LogP contribution is -2.62. The average Bonchev–Trinajstić information content (AvgIpc) is 3.24. The highest BCUT2D eigenvalue weighted by atomic mass is 32.2. The highest BCUT2D eigenvalue weighted by Crippen LogP contribution is 2.37. The number of urea groups is 1.